The van der Waals surface area contributed by atoms with Crippen LogP contribution in [-0.2, 0) is 11.3 Å². The van der Waals surface area contributed by atoms with Gasteiger partial charge in [-0.1, -0.05) is 16.8 Å². The number of hydrogen-bond acceptors (Lipinski definition) is 5. The van der Waals surface area contributed by atoms with Crippen molar-refractivity contribution in [3.8, 4) is 11.4 Å². The highest BCUT2D eigenvalue weighted by atomic mass is 35.5. The maximum Gasteiger partial charge on any atom is 0.304 e. The molecule has 0 saturated heterocycles. The number of halogens is 2. The molecule has 0 radical (unpaired) electrons. The Bertz CT molecular complexity index is 587. The molecular weight excluding hydrogens is 317 g/mol. The maximum atomic E-state index is 10.5. The van der Waals surface area contributed by atoms with Crippen molar-refractivity contribution >= 4 is 30.0 Å². The third kappa shape index (κ3) is 5.34. The number of aromatic nitrogens is 2. The summed E-state index contributed by atoms with van der Waals surface area (Å²) in [5, 5.41) is 13.2. The molecule has 1 aromatic carbocycles. The van der Waals surface area contributed by atoms with E-state index in [1.165, 1.54) is 0 Å². The van der Waals surface area contributed by atoms with Crippen molar-refractivity contribution in [1.82, 2.24) is 15.0 Å². The van der Waals surface area contributed by atoms with Crippen LogP contribution in [-0.4, -0.2) is 39.7 Å². The number of carbonyl (C=O) groups is 1. The first-order valence-corrected chi connectivity index (χ1v) is 6.41. The molecule has 1 heterocycles. The molecule has 114 valence electrons. The van der Waals surface area contributed by atoms with Crippen LogP contribution in [0.15, 0.2) is 28.8 Å². The first kappa shape index (κ1) is 17.4. The SMILES string of the molecule is CN(CCC(=O)O)Cc1nc(-c2ccc(Cl)cc2)no1.Cl. The lowest BCUT2D eigenvalue weighted by Crippen LogP contribution is -2.21. The molecule has 0 atom stereocenters. The fourth-order valence-electron chi connectivity index (χ4n) is 1.63. The summed E-state index contributed by atoms with van der Waals surface area (Å²) in [7, 11) is 1.80. The molecule has 0 saturated carbocycles. The number of rotatable bonds is 6. The molecule has 1 aromatic heterocycles. The Kier molecular flexibility index (Phi) is 6.61. The molecule has 0 amide bonds. The molecular formula is C13H15Cl2N3O3. The zero-order valence-corrected chi connectivity index (χ0v) is 12.9. The molecule has 2 rings (SSSR count). The molecule has 8 heteroatoms. The van der Waals surface area contributed by atoms with Crippen LogP contribution < -0.4 is 0 Å². The quantitative estimate of drug-likeness (QED) is 0.876. The van der Waals surface area contributed by atoms with E-state index in [9.17, 15) is 4.79 Å². The van der Waals surface area contributed by atoms with E-state index in [-0.39, 0.29) is 18.8 Å². The predicted molar refractivity (Wildman–Crippen MR) is 80.6 cm³/mol. The number of benzene rings is 1. The van der Waals surface area contributed by atoms with Crippen molar-refractivity contribution in [2.75, 3.05) is 13.6 Å². The minimum atomic E-state index is -0.829. The highest BCUT2D eigenvalue weighted by Gasteiger charge is 2.11. The highest BCUT2D eigenvalue weighted by Crippen LogP contribution is 2.18. The molecule has 21 heavy (non-hydrogen) atoms. The van der Waals surface area contributed by atoms with Crippen LogP contribution in [0.4, 0.5) is 0 Å². The van der Waals surface area contributed by atoms with Gasteiger partial charge in [-0.2, -0.15) is 4.98 Å². The summed E-state index contributed by atoms with van der Waals surface area (Å²) < 4.78 is 5.14. The first-order chi connectivity index (χ1) is 9.54. The summed E-state index contributed by atoms with van der Waals surface area (Å²) in [6.07, 6.45) is 0.0781. The van der Waals surface area contributed by atoms with Crippen LogP contribution in [0.2, 0.25) is 5.02 Å². The molecule has 0 aliphatic carbocycles. The molecule has 6 nitrogen and oxygen atoms in total. The topological polar surface area (TPSA) is 79.5 Å². The second kappa shape index (κ2) is 7.97. The van der Waals surface area contributed by atoms with E-state index >= 15 is 0 Å². The monoisotopic (exact) mass is 331 g/mol. The second-order valence-electron chi connectivity index (χ2n) is 4.40. The summed E-state index contributed by atoms with van der Waals surface area (Å²) >= 11 is 5.81. The van der Waals surface area contributed by atoms with Crippen LogP contribution in [0.1, 0.15) is 12.3 Å². The average Bonchev–Trinajstić information content (AvgIpc) is 2.85. The van der Waals surface area contributed by atoms with Crippen molar-refractivity contribution < 1.29 is 14.4 Å². The van der Waals surface area contributed by atoms with E-state index in [1.807, 2.05) is 17.0 Å². The Labute approximate surface area is 133 Å². The van der Waals surface area contributed by atoms with Gasteiger partial charge in [-0.3, -0.25) is 9.69 Å². The standard InChI is InChI=1S/C13H14ClN3O3.ClH/c1-17(7-6-12(18)19)8-11-15-13(16-20-11)9-2-4-10(14)5-3-9;/h2-5H,6-8H2,1H3,(H,18,19);1H. The second-order valence-corrected chi connectivity index (χ2v) is 4.84. The summed E-state index contributed by atoms with van der Waals surface area (Å²) in [6.45, 7) is 0.835. The molecule has 0 aliphatic heterocycles. The lowest BCUT2D eigenvalue weighted by atomic mass is 10.2. The Morgan fingerprint density at radius 1 is 1.38 bits per heavy atom. The van der Waals surface area contributed by atoms with Gasteiger partial charge in [0.1, 0.15) is 0 Å². The van der Waals surface area contributed by atoms with E-state index < -0.39 is 5.97 Å². The van der Waals surface area contributed by atoms with Gasteiger partial charge in [-0.15, -0.1) is 12.4 Å². The Hall–Kier alpha value is -1.63. The summed E-state index contributed by atoms with van der Waals surface area (Å²) in [5.74, 6) is 0.107. The van der Waals surface area contributed by atoms with Gasteiger partial charge in [-0.05, 0) is 31.3 Å². The van der Waals surface area contributed by atoms with Crippen LogP contribution >= 0.6 is 24.0 Å². The highest BCUT2D eigenvalue weighted by molar-refractivity contribution is 6.30. The lowest BCUT2D eigenvalue weighted by Gasteiger charge is -2.11. The first-order valence-electron chi connectivity index (χ1n) is 6.03. The number of hydrogen-bond donors (Lipinski definition) is 1. The molecule has 1 N–H and O–H groups in total. The maximum absolute atomic E-state index is 10.5. The van der Waals surface area contributed by atoms with E-state index in [0.717, 1.165) is 5.56 Å². The summed E-state index contributed by atoms with van der Waals surface area (Å²) in [5.41, 5.74) is 0.817. The number of nitrogens with zero attached hydrogens (tertiary/aromatic N) is 3. The fourth-order valence-corrected chi connectivity index (χ4v) is 1.76. The molecule has 0 fully saturated rings. The normalized spacial score (nSPS) is 10.4. The third-order valence-electron chi connectivity index (χ3n) is 2.68. The largest absolute Gasteiger partial charge is 0.481 e. The predicted octanol–water partition coefficient (Wildman–Crippen LogP) is 2.72. The Balaban J connectivity index is 0.00000220. The lowest BCUT2D eigenvalue weighted by molar-refractivity contribution is -0.137. The minimum absolute atomic E-state index is 0. The van der Waals surface area contributed by atoms with Crippen molar-refractivity contribution in [2.45, 2.75) is 13.0 Å². The zero-order chi connectivity index (χ0) is 14.5. The molecule has 0 bridgehead atoms. The minimum Gasteiger partial charge on any atom is -0.481 e. The van der Waals surface area contributed by atoms with Gasteiger partial charge >= 0.3 is 5.97 Å². The fraction of sp³-hybridized carbons (Fsp3) is 0.308. The van der Waals surface area contributed by atoms with Gasteiger partial charge in [0.15, 0.2) is 0 Å². The van der Waals surface area contributed by atoms with Crippen molar-refractivity contribution in [2.24, 2.45) is 0 Å². The molecule has 2 aromatic rings. The molecule has 0 unspecified atom stereocenters. The Morgan fingerprint density at radius 3 is 2.67 bits per heavy atom. The number of carboxylic acid groups (broad SMARTS) is 1. The van der Waals surface area contributed by atoms with Gasteiger partial charge in [0.25, 0.3) is 0 Å². The van der Waals surface area contributed by atoms with Gasteiger partial charge in [0.2, 0.25) is 11.7 Å². The van der Waals surface area contributed by atoms with Gasteiger partial charge < -0.3 is 9.63 Å². The number of aliphatic carboxylic acids is 1. The van der Waals surface area contributed by atoms with E-state index in [1.54, 1.807) is 19.2 Å². The van der Waals surface area contributed by atoms with E-state index in [0.29, 0.717) is 29.8 Å². The van der Waals surface area contributed by atoms with Crippen LogP contribution in [0.25, 0.3) is 11.4 Å². The van der Waals surface area contributed by atoms with Crippen molar-refractivity contribution in [3.63, 3.8) is 0 Å². The van der Waals surface area contributed by atoms with E-state index in [4.69, 9.17) is 21.2 Å². The zero-order valence-electron chi connectivity index (χ0n) is 11.3. The van der Waals surface area contributed by atoms with Crippen molar-refractivity contribution in [1.29, 1.82) is 0 Å². The summed E-state index contributed by atoms with van der Waals surface area (Å²) in [6, 6.07) is 7.13. The van der Waals surface area contributed by atoms with Crippen molar-refractivity contribution in [3.05, 3.63) is 35.2 Å². The smallest absolute Gasteiger partial charge is 0.304 e. The molecule has 0 aliphatic rings. The van der Waals surface area contributed by atoms with Crippen LogP contribution in [0, 0.1) is 0 Å². The number of carboxylic acids is 1. The average molecular weight is 332 g/mol. The van der Waals surface area contributed by atoms with Crippen LogP contribution in [0.5, 0.6) is 0 Å². The van der Waals surface area contributed by atoms with E-state index in [2.05, 4.69) is 10.1 Å². The van der Waals surface area contributed by atoms with Crippen LogP contribution in [0.3, 0.4) is 0 Å². The van der Waals surface area contributed by atoms with Gasteiger partial charge in [-0.25, -0.2) is 0 Å². The summed E-state index contributed by atoms with van der Waals surface area (Å²) in [4.78, 5) is 16.6. The Morgan fingerprint density at radius 2 is 2.05 bits per heavy atom. The van der Waals surface area contributed by atoms with Gasteiger partial charge in [0, 0.05) is 17.1 Å². The third-order valence-corrected chi connectivity index (χ3v) is 2.94. The molecule has 0 spiro atoms. The van der Waals surface area contributed by atoms with Gasteiger partial charge in [0.05, 0.1) is 13.0 Å².